The van der Waals surface area contributed by atoms with Crippen LogP contribution < -0.4 is 5.32 Å². The van der Waals surface area contributed by atoms with Gasteiger partial charge in [-0.2, -0.15) is 0 Å². The Labute approximate surface area is 111 Å². The first-order valence-electron chi connectivity index (χ1n) is 7.11. The molecule has 18 heavy (non-hydrogen) atoms. The largest absolute Gasteiger partial charge is 0.313 e. The number of hydrogen-bond acceptors (Lipinski definition) is 2. The number of aromatic nitrogens is 1. The van der Waals surface area contributed by atoms with E-state index in [4.69, 9.17) is 0 Å². The maximum absolute atomic E-state index is 4.34. The molecule has 0 saturated heterocycles. The fourth-order valence-electron chi connectivity index (χ4n) is 3.18. The van der Waals surface area contributed by atoms with Crippen molar-refractivity contribution in [2.75, 3.05) is 7.05 Å². The minimum Gasteiger partial charge on any atom is -0.313 e. The predicted molar refractivity (Wildman–Crippen MR) is 76.5 cm³/mol. The maximum atomic E-state index is 4.34. The number of aryl methyl sites for hydroxylation is 1. The van der Waals surface area contributed by atoms with Crippen molar-refractivity contribution < 1.29 is 0 Å². The first kappa shape index (κ1) is 13.5. The van der Waals surface area contributed by atoms with Gasteiger partial charge in [0.15, 0.2) is 0 Å². The lowest BCUT2D eigenvalue weighted by atomic mass is 9.70. The average molecular weight is 246 g/mol. The fourth-order valence-corrected chi connectivity index (χ4v) is 3.18. The van der Waals surface area contributed by atoms with E-state index in [1.807, 2.05) is 12.4 Å². The zero-order chi connectivity index (χ0) is 13.2. The molecule has 2 heteroatoms. The van der Waals surface area contributed by atoms with E-state index < -0.39 is 0 Å². The molecule has 1 aromatic rings. The summed E-state index contributed by atoms with van der Waals surface area (Å²) in [7, 11) is 2.08. The molecule has 0 amide bonds. The van der Waals surface area contributed by atoms with Gasteiger partial charge >= 0.3 is 0 Å². The monoisotopic (exact) mass is 246 g/mol. The predicted octanol–water partition coefficient (Wildman–Crippen LogP) is 3.87. The number of pyridine rings is 1. The summed E-state index contributed by atoms with van der Waals surface area (Å²) in [6, 6.07) is 2.74. The Balaban J connectivity index is 2.10. The van der Waals surface area contributed by atoms with E-state index in [9.17, 15) is 0 Å². The third-order valence-electron chi connectivity index (χ3n) is 4.42. The van der Waals surface area contributed by atoms with E-state index in [1.54, 1.807) is 0 Å². The normalized spacial score (nSPS) is 21.8. The number of rotatable bonds is 3. The summed E-state index contributed by atoms with van der Waals surface area (Å²) in [6.07, 6.45) is 9.29. The van der Waals surface area contributed by atoms with Crippen LogP contribution in [0.5, 0.6) is 0 Å². The Morgan fingerprint density at radius 1 is 1.28 bits per heavy atom. The minimum atomic E-state index is 0.466. The van der Waals surface area contributed by atoms with Gasteiger partial charge in [-0.3, -0.25) is 4.98 Å². The molecule has 1 fully saturated rings. The summed E-state index contributed by atoms with van der Waals surface area (Å²) < 4.78 is 0. The second kappa shape index (κ2) is 5.40. The van der Waals surface area contributed by atoms with E-state index in [-0.39, 0.29) is 0 Å². The van der Waals surface area contributed by atoms with E-state index in [2.05, 4.69) is 44.2 Å². The van der Waals surface area contributed by atoms with Crippen LogP contribution in [0.1, 0.15) is 56.7 Å². The molecule has 1 aliphatic carbocycles. The highest BCUT2D eigenvalue weighted by atomic mass is 14.9. The molecule has 0 aromatic carbocycles. The van der Waals surface area contributed by atoms with Crippen molar-refractivity contribution in [3.63, 3.8) is 0 Å². The van der Waals surface area contributed by atoms with Crippen LogP contribution in [0.15, 0.2) is 18.5 Å². The summed E-state index contributed by atoms with van der Waals surface area (Å²) in [5.74, 6) is 0.756. The van der Waals surface area contributed by atoms with Crippen LogP contribution in [0.2, 0.25) is 0 Å². The molecule has 1 N–H and O–H groups in total. The van der Waals surface area contributed by atoms with Crippen molar-refractivity contribution >= 4 is 0 Å². The maximum Gasteiger partial charge on any atom is 0.0361 e. The molecule has 1 aliphatic rings. The smallest absolute Gasteiger partial charge is 0.0361 e. The number of hydrogen-bond donors (Lipinski definition) is 1. The van der Waals surface area contributed by atoms with Crippen LogP contribution in [0, 0.1) is 18.3 Å². The first-order chi connectivity index (χ1) is 8.52. The lowest BCUT2D eigenvalue weighted by molar-refractivity contribution is 0.164. The Kier molecular flexibility index (Phi) is 4.06. The van der Waals surface area contributed by atoms with Gasteiger partial charge in [0.1, 0.15) is 0 Å². The van der Waals surface area contributed by atoms with Gasteiger partial charge in [-0.15, -0.1) is 0 Å². The Hall–Kier alpha value is -0.890. The van der Waals surface area contributed by atoms with E-state index in [0.717, 1.165) is 5.92 Å². The zero-order valence-corrected chi connectivity index (χ0v) is 12.2. The highest BCUT2D eigenvalue weighted by Crippen LogP contribution is 2.42. The highest BCUT2D eigenvalue weighted by Gasteiger charge is 2.31. The quantitative estimate of drug-likeness (QED) is 0.876. The second-order valence-corrected chi connectivity index (χ2v) is 6.56. The molecule has 1 unspecified atom stereocenters. The molecule has 1 aromatic heterocycles. The van der Waals surface area contributed by atoms with Gasteiger partial charge in [-0.25, -0.2) is 0 Å². The summed E-state index contributed by atoms with van der Waals surface area (Å²) in [6.45, 7) is 6.91. The van der Waals surface area contributed by atoms with Crippen molar-refractivity contribution in [2.45, 2.75) is 52.5 Å². The SMILES string of the molecule is CNC(c1cncc(C)c1)C1CCC(C)(C)CC1. The van der Waals surface area contributed by atoms with Gasteiger partial charge in [0.2, 0.25) is 0 Å². The molecular formula is C16H26N2. The second-order valence-electron chi connectivity index (χ2n) is 6.56. The van der Waals surface area contributed by atoms with Crippen LogP contribution in [0.3, 0.4) is 0 Å². The molecule has 2 rings (SSSR count). The van der Waals surface area contributed by atoms with Crippen molar-refractivity contribution in [2.24, 2.45) is 11.3 Å². The molecule has 2 nitrogen and oxygen atoms in total. The third kappa shape index (κ3) is 3.11. The number of nitrogens with zero attached hydrogens (tertiary/aromatic N) is 1. The Morgan fingerprint density at radius 3 is 2.50 bits per heavy atom. The molecular weight excluding hydrogens is 220 g/mol. The Bertz CT molecular complexity index is 388. The van der Waals surface area contributed by atoms with Gasteiger partial charge < -0.3 is 5.32 Å². The van der Waals surface area contributed by atoms with E-state index in [1.165, 1.54) is 36.8 Å². The highest BCUT2D eigenvalue weighted by molar-refractivity contribution is 5.21. The zero-order valence-electron chi connectivity index (χ0n) is 12.2. The third-order valence-corrected chi connectivity index (χ3v) is 4.42. The number of nitrogens with one attached hydrogen (secondary N) is 1. The molecule has 1 heterocycles. The summed E-state index contributed by atoms with van der Waals surface area (Å²) in [5.41, 5.74) is 3.14. The molecule has 0 bridgehead atoms. The lowest BCUT2D eigenvalue weighted by Crippen LogP contribution is -2.31. The standard InChI is InChI=1S/C16H26N2/c1-12-9-14(11-18-10-12)15(17-4)13-5-7-16(2,3)8-6-13/h9-11,13,15,17H,5-8H2,1-4H3. The molecule has 0 radical (unpaired) electrons. The van der Waals surface area contributed by atoms with Crippen molar-refractivity contribution in [3.8, 4) is 0 Å². The van der Waals surface area contributed by atoms with Gasteiger partial charge in [-0.1, -0.05) is 19.9 Å². The van der Waals surface area contributed by atoms with Gasteiger partial charge in [-0.05, 0) is 62.1 Å². The van der Waals surface area contributed by atoms with E-state index >= 15 is 0 Å². The van der Waals surface area contributed by atoms with E-state index in [0.29, 0.717) is 11.5 Å². The van der Waals surface area contributed by atoms with Crippen LogP contribution in [0.4, 0.5) is 0 Å². The summed E-state index contributed by atoms with van der Waals surface area (Å²) in [4.78, 5) is 4.34. The van der Waals surface area contributed by atoms with Crippen molar-refractivity contribution in [3.05, 3.63) is 29.6 Å². The molecule has 1 atom stereocenters. The van der Waals surface area contributed by atoms with Gasteiger partial charge in [0.25, 0.3) is 0 Å². The minimum absolute atomic E-state index is 0.466. The van der Waals surface area contributed by atoms with Crippen LogP contribution in [-0.4, -0.2) is 12.0 Å². The van der Waals surface area contributed by atoms with Crippen molar-refractivity contribution in [1.29, 1.82) is 0 Å². The van der Waals surface area contributed by atoms with Crippen molar-refractivity contribution in [1.82, 2.24) is 10.3 Å². The lowest BCUT2D eigenvalue weighted by Gasteiger charge is -2.38. The molecule has 0 spiro atoms. The van der Waals surface area contributed by atoms with Gasteiger partial charge in [0, 0.05) is 18.4 Å². The first-order valence-corrected chi connectivity index (χ1v) is 7.11. The summed E-state index contributed by atoms with van der Waals surface area (Å²) >= 11 is 0. The summed E-state index contributed by atoms with van der Waals surface area (Å²) in [5, 5.41) is 3.50. The van der Waals surface area contributed by atoms with Crippen LogP contribution in [-0.2, 0) is 0 Å². The topological polar surface area (TPSA) is 24.9 Å². The van der Waals surface area contributed by atoms with Crippen LogP contribution >= 0.6 is 0 Å². The van der Waals surface area contributed by atoms with Gasteiger partial charge in [0.05, 0.1) is 0 Å². The average Bonchev–Trinajstić information content (AvgIpc) is 2.32. The van der Waals surface area contributed by atoms with Crippen LogP contribution in [0.25, 0.3) is 0 Å². The molecule has 1 saturated carbocycles. The Morgan fingerprint density at radius 2 is 1.94 bits per heavy atom. The fraction of sp³-hybridized carbons (Fsp3) is 0.688. The molecule has 0 aliphatic heterocycles. The molecule has 100 valence electrons.